The Balaban J connectivity index is 2.09. The minimum Gasteiger partial charge on any atom is -0.472 e. The van der Waals surface area contributed by atoms with Gasteiger partial charge in [0.1, 0.15) is 5.82 Å². The lowest BCUT2D eigenvalue weighted by molar-refractivity contribution is 0.317. The fraction of sp³-hybridized carbons (Fsp3) is 0.214. The second-order valence-electron chi connectivity index (χ2n) is 4.22. The standard InChI is InChI=1S/C14H13FN2O/c1-17(8-11-4-5-18-10-11)9-13-6-14(15)3-2-12(13)7-16/h2-6,10H,8-9H2,1H3. The Morgan fingerprint density at radius 1 is 1.33 bits per heavy atom. The van der Waals surface area contributed by atoms with E-state index in [1.807, 2.05) is 18.0 Å². The van der Waals surface area contributed by atoms with Crippen LogP contribution in [0, 0.1) is 17.1 Å². The lowest BCUT2D eigenvalue weighted by Gasteiger charge is -2.16. The van der Waals surface area contributed by atoms with Crippen molar-refractivity contribution in [1.29, 1.82) is 5.26 Å². The quantitative estimate of drug-likeness (QED) is 0.830. The minimum atomic E-state index is -0.319. The van der Waals surface area contributed by atoms with E-state index in [9.17, 15) is 4.39 Å². The molecular formula is C14H13FN2O. The van der Waals surface area contributed by atoms with Crippen molar-refractivity contribution in [1.82, 2.24) is 4.90 Å². The molecule has 0 spiro atoms. The zero-order valence-corrected chi connectivity index (χ0v) is 10.1. The van der Waals surface area contributed by atoms with E-state index in [1.165, 1.54) is 18.2 Å². The summed E-state index contributed by atoms with van der Waals surface area (Å²) in [5, 5.41) is 8.97. The number of nitrogens with zero attached hydrogens (tertiary/aromatic N) is 2. The largest absolute Gasteiger partial charge is 0.472 e. The van der Waals surface area contributed by atoms with Crippen LogP contribution in [0.1, 0.15) is 16.7 Å². The molecule has 0 unspecified atom stereocenters. The van der Waals surface area contributed by atoms with Gasteiger partial charge in [0.05, 0.1) is 24.2 Å². The molecule has 0 amide bonds. The smallest absolute Gasteiger partial charge is 0.123 e. The summed E-state index contributed by atoms with van der Waals surface area (Å²) in [5.74, 6) is -0.319. The van der Waals surface area contributed by atoms with Gasteiger partial charge in [-0.15, -0.1) is 0 Å². The number of hydrogen-bond acceptors (Lipinski definition) is 3. The fourth-order valence-electron chi connectivity index (χ4n) is 1.84. The Hall–Kier alpha value is -2.12. The lowest BCUT2D eigenvalue weighted by atomic mass is 10.1. The van der Waals surface area contributed by atoms with E-state index >= 15 is 0 Å². The molecular weight excluding hydrogens is 231 g/mol. The average molecular weight is 244 g/mol. The lowest BCUT2D eigenvalue weighted by Crippen LogP contribution is -2.17. The number of halogens is 1. The van der Waals surface area contributed by atoms with Crippen molar-refractivity contribution >= 4 is 0 Å². The van der Waals surface area contributed by atoms with Crippen LogP contribution in [-0.2, 0) is 13.1 Å². The monoisotopic (exact) mass is 244 g/mol. The number of furan rings is 1. The highest BCUT2D eigenvalue weighted by atomic mass is 19.1. The maximum absolute atomic E-state index is 13.2. The van der Waals surface area contributed by atoms with E-state index in [4.69, 9.17) is 9.68 Å². The topological polar surface area (TPSA) is 40.2 Å². The van der Waals surface area contributed by atoms with Gasteiger partial charge in [-0.05, 0) is 36.9 Å². The van der Waals surface area contributed by atoms with Crippen LogP contribution < -0.4 is 0 Å². The van der Waals surface area contributed by atoms with Gasteiger partial charge in [-0.2, -0.15) is 5.26 Å². The molecule has 0 aliphatic heterocycles. The molecule has 2 aromatic rings. The molecule has 0 radical (unpaired) electrons. The summed E-state index contributed by atoms with van der Waals surface area (Å²) in [4.78, 5) is 2.00. The van der Waals surface area contributed by atoms with Crippen LogP contribution in [-0.4, -0.2) is 11.9 Å². The third-order valence-corrected chi connectivity index (χ3v) is 2.66. The van der Waals surface area contributed by atoms with Gasteiger partial charge in [-0.25, -0.2) is 4.39 Å². The van der Waals surface area contributed by atoms with Crippen molar-refractivity contribution in [3.63, 3.8) is 0 Å². The summed E-state index contributed by atoms with van der Waals surface area (Å²) in [6.45, 7) is 1.21. The molecule has 18 heavy (non-hydrogen) atoms. The van der Waals surface area contributed by atoms with E-state index in [0.29, 0.717) is 24.2 Å². The summed E-state index contributed by atoms with van der Waals surface area (Å²) in [6.07, 6.45) is 3.29. The molecule has 0 atom stereocenters. The highest BCUT2D eigenvalue weighted by molar-refractivity contribution is 5.37. The normalized spacial score (nSPS) is 10.6. The van der Waals surface area contributed by atoms with Crippen molar-refractivity contribution in [2.75, 3.05) is 7.05 Å². The van der Waals surface area contributed by atoms with Crippen LogP contribution in [0.4, 0.5) is 4.39 Å². The number of benzene rings is 1. The van der Waals surface area contributed by atoms with E-state index in [0.717, 1.165) is 5.56 Å². The van der Waals surface area contributed by atoms with Gasteiger partial charge in [0.25, 0.3) is 0 Å². The zero-order valence-electron chi connectivity index (χ0n) is 10.1. The first-order valence-electron chi connectivity index (χ1n) is 5.57. The molecule has 1 aromatic heterocycles. The van der Waals surface area contributed by atoms with Gasteiger partial charge in [0, 0.05) is 18.7 Å². The van der Waals surface area contributed by atoms with Gasteiger partial charge in [-0.3, -0.25) is 4.90 Å². The van der Waals surface area contributed by atoms with E-state index < -0.39 is 0 Å². The van der Waals surface area contributed by atoms with Gasteiger partial charge < -0.3 is 4.42 Å². The van der Waals surface area contributed by atoms with E-state index in [1.54, 1.807) is 12.5 Å². The summed E-state index contributed by atoms with van der Waals surface area (Å²) < 4.78 is 18.2. The summed E-state index contributed by atoms with van der Waals surface area (Å²) in [6, 6.07) is 8.18. The van der Waals surface area contributed by atoms with Crippen molar-refractivity contribution in [2.24, 2.45) is 0 Å². The van der Waals surface area contributed by atoms with Gasteiger partial charge in [0.2, 0.25) is 0 Å². The molecule has 0 fully saturated rings. The molecule has 4 heteroatoms. The number of nitriles is 1. The first kappa shape index (κ1) is 12.3. The van der Waals surface area contributed by atoms with Crippen LogP contribution >= 0.6 is 0 Å². The van der Waals surface area contributed by atoms with Gasteiger partial charge in [-0.1, -0.05) is 0 Å². The van der Waals surface area contributed by atoms with Crippen LogP contribution in [0.3, 0.4) is 0 Å². The van der Waals surface area contributed by atoms with Gasteiger partial charge >= 0.3 is 0 Å². The van der Waals surface area contributed by atoms with E-state index in [2.05, 4.69) is 6.07 Å². The van der Waals surface area contributed by atoms with Crippen molar-refractivity contribution in [3.05, 3.63) is 59.3 Å². The Labute approximate surface area is 105 Å². The maximum Gasteiger partial charge on any atom is 0.123 e. The second kappa shape index (κ2) is 5.48. The highest BCUT2D eigenvalue weighted by Crippen LogP contribution is 2.14. The molecule has 0 saturated heterocycles. The molecule has 0 aliphatic rings. The number of rotatable bonds is 4. The maximum atomic E-state index is 13.2. The highest BCUT2D eigenvalue weighted by Gasteiger charge is 2.08. The Kier molecular flexibility index (Phi) is 3.75. The molecule has 0 saturated carbocycles. The van der Waals surface area contributed by atoms with Crippen molar-refractivity contribution in [2.45, 2.75) is 13.1 Å². The predicted molar refractivity (Wildman–Crippen MR) is 65.0 cm³/mol. The molecule has 3 nitrogen and oxygen atoms in total. The summed E-state index contributed by atoms with van der Waals surface area (Å²) >= 11 is 0. The van der Waals surface area contributed by atoms with E-state index in [-0.39, 0.29) is 5.82 Å². The average Bonchev–Trinajstić information content (AvgIpc) is 2.82. The predicted octanol–water partition coefficient (Wildman–Crippen LogP) is 2.92. The van der Waals surface area contributed by atoms with Crippen LogP contribution in [0.2, 0.25) is 0 Å². The fourth-order valence-corrected chi connectivity index (χ4v) is 1.84. The van der Waals surface area contributed by atoms with Crippen LogP contribution in [0.15, 0.2) is 41.2 Å². The first-order chi connectivity index (χ1) is 8.69. The third-order valence-electron chi connectivity index (χ3n) is 2.66. The molecule has 1 aromatic carbocycles. The molecule has 0 bridgehead atoms. The number of hydrogen-bond donors (Lipinski definition) is 0. The van der Waals surface area contributed by atoms with Crippen LogP contribution in [0.5, 0.6) is 0 Å². The SMILES string of the molecule is CN(Cc1ccoc1)Cc1cc(F)ccc1C#N. The zero-order chi connectivity index (χ0) is 13.0. The van der Waals surface area contributed by atoms with Gasteiger partial charge in [0.15, 0.2) is 0 Å². The molecule has 1 heterocycles. The summed E-state index contributed by atoms with van der Waals surface area (Å²) in [7, 11) is 1.92. The van der Waals surface area contributed by atoms with Crippen LogP contribution in [0.25, 0.3) is 0 Å². The molecule has 2 rings (SSSR count). The first-order valence-corrected chi connectivity index (χ1v) is 5.57. The second-order valence-corrected chi connectivity index (χ2v) is 4.22. The molecule has 0 aliphatic carbocycles. The Morgan fingerprint density at radius 3 is 2.83 bits per heavy atom. The Bertz CT molecular complexity index is 558. The Morgan fingerprint density at radius 2 is 2.17 bits per heavy atom. The van der Waals surface area contributed by atoms with Crippen molar-refractivity contribution < 1.29 is 8.81 Å². The summed E-state index contributed by atoms with van der Waals surface area (Å²) in [5.41, 5.74) is 2.26. The van der Waals surface area contributed by atoms with Crippen molar-refractivity contribution in [3.8, 4) is 6.07 Å². The third kappa shape index (κ3) is 2.96. The molecule has 92 valence electrons. The minimum absolute atomic E-state index is 0.319. The molecule has 0 N–H and O–H groups in total.